The van der Waals surface area contributed by atoms with Gasteiger partial charge in [-0.15, -0.1) is 0 Å². The van der Waals surface area contributed by atoms with Gasteiger partial charge in [-0.1, -0.05) is 18.2 Å². The molecule has 2 N–H and O–H groups in total. The monoisotopic (exact) mass is 584 g/mol. The quantitative estimate of drug-likeness (QED) is 0.555. The van der Waals surface area contributed by atoms with Crippen LogP contribution in [0.4, 0.5) is 4.79 Å². The van der Waals surface area contributed by atoms with Crippen LogP contribution in [0.1, 0.15) is 60.6 Å². The molecule has 0 spiro atoms. The summed E-state index contributed by atoms with van der Waals surface area (Å²) >= 11 is 0. The van der Waals surface area contributed by atoms with Crippen molar-refractivity contribution in [2.45, 2.75) is 70.7 Å². The predicted octanol–water partition coefficient (Wildman–Crippen LogP) is 2.65. The minimum absolute atomic E-state index is 0.150. The third kappa shape index (κ3) is 5.86. The van der Waals surface area contributed by atoms with Gasteiger partial charge in [-0.25, -0.2) is 18.6 Å². The van der Waals surface area contributed by atoms with E-state index in [1.165, 1.54) is 10.4 Å². The smallest absolute Gasteiger partial charge is 0.410 e. The summed E-state index contributed by atoms with van der Waals surface area (Å²) in [5.74, 6) is -0.345. The van der Waals surface area contributed by atoms with E-state index in [1.54, 1.807) is 23.4 Å². The first-order valence-electron chi connectivity index (χ1n) is 14.0. The van der Waals surface area contributed by atoms with Crippen molar-refractivity contribution in [3.63, 3.8) is 0 Å². The Hall–Kier alpha value is -3.35. The normalized spacial score (nSPS) is 19.5. The average Bonchev–Trinajstić information content (AvgIpc) is 3.43. The van der Waals surface area contributed by atoms with Gasteiger partial charge in [-0.05, 0) is 69.9 Å². The van der Waals surface area contributed by atoms with Crippen LogP contribution in [0, 0.1) is 6.92 Å². The number of rotatable bonds is 5. The lowest BCUT2D eigenvalue weighted by molar-refractivity contribution is 0.0223. The van der Waals surface area contributed by atoms with Crippen LogP contribution in [0.15, 0.2) is 40.9 Å². The second kappa shape index (κ2) is 10.8. The standard InChI is InChI=1S/C29H40N6O5S/c1-19-14-23-18-34(12-13-35(23)31-19)41(38,39)26-15-25(32(6)20(26)2)27(36)30-16-21-8-7-9-22-17-33(11-10-24(21)22)28(37)40-29(3,4)5/h7-9,14-15,19,31H,10-13,16-18H2,1-6H3,(H,30,36). The van der Waals surface area contributed by atoms with E-state index in [9.17, 15) is 18.0 Å². The number of sulfonamides is 1. The molecule has 222 valence electrons. The van der Waals surface area contributed by atoms with Crippen molar-refractivity contribution in [2.24, 2.45) is 7.05 Å². The van der Waals surface area contributed by atoms with E-state index in [1.807, 2.05) is 57.0 Å². The molecule has 11 nitrogen and oxygen atoms in total. The van der Waals surface area contributed by atoms with Gasteiger partial charge in [0.25, 0.3) is 5.91 Å². The first-order chi connectivity index (χ1) is 19.2. The molecule has 0 bridgehead atoms. The summed E-state index contributed by atoms with van der Waals surface area (Å²) < 4.78 is 35.9. The van der Waals surface area contributed by atoms with Crippen LogP contribution in [0.5, 0.6) is 0 Å². The number of carbonyl (C=O) groups is 2. The Morgan fingerprint density at radius 3 is 2.63 bits per heavy atom. The minimum Gasteiger partial charge on any atom is -0.444 e. The van der Waals surface area contributed by atoms with Crippen molar-refractivity contribution in [1.29, 1.82) is 0 Å². The summed E-state index contributed by atoms with van der Waals surface area (Å²) in [6, 6.07) is 7.54. The highest BCUT2D eigenvalue weighted by atomic mass is 32.2. The SMILES string of the molecule is Cc1c(S(=O)(=O)N2CCN3NC(C)C=C3C2)cc(C(=O)NCc2cccc3c2CCN(C(=O)OC(C)(C)C)C3)n1C. The molecule has 1 aromatic heterocycles. The molecule has 1 fully saturated rings. The molecule has 3 aliphatic rings. The molecule has 0 aliphatic carbocycles. The first kappa shape index (κ1) is 29.2. The molecule has 41 heavy (non-hydrogen) atoms. The number of amides is 2. The molecule has 3 aliphatic heterocycles. The molecule has 0 radical (unpaired) electrons. The molecule has 1 unspecified atom stereocenters. The van der Waals surface area contributed by atoms with Crippen LogP contribution in [0.3, 0.4) is 0 Å². The fraction of sp³-hybridized carbons (Fsp3) is 0.517. The number of ether oxygens (including phenoxy) is 1. The Bertz CT molecular complexity index is 1510. The molecule has 0 saturated carbocycles. The van der Waals surface area contributed by atoms with Crippen LogP contribution in [-0.4, -0.2) is 77.0 Å². The number of fused-ring (bicyclic) bond motifs is 2. The second-order valence-electron chi connectivity index (χ2n) is 12.0. The van der Waals surface area contributed by atoms with E-state index in [-0.39, 0.29) is 28.6 Å². The highest BCUT2D eigenvalue weighted by molar-refractivity contribution is 7.89. The maximum absolute atomic E-state index is 13.6. The molecule has 1 aromatic carbocycles. The van der Waals surface area contributed by atoms with Gasteiger partial charge < -0.3 is 24.5 Å². The van der Waals surface area contributed by atoms with Crippen molar-refractivity contribution in [1.82, 2.24) is 29.5 Å². The Balaban J connectivity index is 1.28. The Labute approximate surface area is 242 Å². The first-order valence-corrected chi connectivity index (χ1v) is 15.5. The summed E-state index contributed by atoms with van der Waals surface area (Å²) in [6.45, 7) is 11.8. The lowest BCUT2D eigenvalue weighted by Gasteiger charge is -2.34. The van der Waals surface area contributed by atoms with Crippen LogP contribution >= 0.6 is 0 Å². The number of hydrazine groups is 1. The largest absolute Gasteiger partial charge is 0.444 e. The van der Waals surface area contributed by atoms with Crippen molar-refractivity contribution < 1.29 is 22.7 Å². The van der Waals surface area contributed by atoms with E-state index >= 15 is 0 Å². The molecule has 12 heteroatoms. The zero-order valence-corrected chi connectivity index (χ0v) is 25.5. The second-order valence-corrected chi connectivity index (χ2v) is 13.9. The van der Waals surface area contributed by atoms with Gasteiger partial charge in [-0.2, -0.15) is 4.31 Å². The molecule has 2 aromatic rings. The molecule has 1 saturated heterocycles. The average molecular weight is 585 g/mol. The summed E-state index contributed by atoms with van der Waals surface area (Å²) in [7, 11) is -2.08. The van der Waals surface area contributed by atoms with Crippen molar-refractivity contribution in [3.8, 4) is 0 Å². The van der Waals surface area contributed by atoms with E-state index < -0.39 is 15.6 Å². The van der Waals surface area contributed by atoms with Crippen LogP contribution in [-0.2, 0) is 41.3 Å². The number of hydrogen-bond donors (Lipinski definition) is 2. The topological polar surface area (TPSA) is 116 Å². The maximum Gasteiger partial charge on any atom is 0.410 e. The van der Waals surface area contributed by atoms with Gasteiger partial charge in [0.15, 0.2) is 0 Å². The fourth-order valence-electron chi connectivity index (χ4n) is 5.66. The zero-order valence-electron chi connectivity index (χ0n) is 24.7. The highest BCUT2D eigenvalue weighted by Crippen LogP contribution is 2.28. The predicted molar refractivity (Wildman–Crippen MR) is 154 cm³/mol. The van der Waals surface area contributed by atoms with Gasteiger partial charge in [0, 0.05) is 57.2 Å². The highest BCUT2D eigenvalue weighted by Gasteiger charge is 2.36. The van der Waals surface area contributed by atoms with E-state index in [2.05, 4.69) is 10.7 Å². The van der Waals surface area contributed by atoms with Crippen LogP contribution in [0.25, 0.3) is 0 Å². The number of piperazine rings is 1. The number of nitrogens with zero attached hydrogens (tertiary/aromatic N) is 4. The summed E-state index contributed by atoms with van der Waals surface area (Å²) in [5.41, 5.74) is 7.61. The minimum atomic E-state index is -3.79. The molecular formula is C29H40N6O5S. The van der Waals surface area contributed by atoms with Crippen LogP contribution in [0.2, 0.25) is 0 Å². The van der Waals surface area contributed by atoms with Crippen LogP contribution < -0.4 is 10.7 Å². The van der Waals surface area contributed by atoms with E-state index in [4.69, 9.17) is 4.74 Å². The van der Waals surface area contributed by atoms with Gasteiger partial charge in [0.2, 0.25) is 10.0 Å². The summed E-state index contributed by atoms with van der Waals surface area (Å²) in [6.07, 6.45) is 2.36. The summed E-state index contributed by atoms with van der Waals surface area (Å²) in [4.78, 5) is 27.7. The van der Waals surface area contributed by atoms with Gasteiger partial charge in [0.1, 0.15) is 16.2 Å². The van der Waals surface area contributed by atoms with Crippen molar-refractivity contribution in [3.05, 3.63) is 64.1 Å². The van der Waals surface area contributed by atoms with E-state index in [0.717, 1.165) is 22.4 Å². The Kier molecular flexibility index (Phi) is 7.68. The van der Waals surface area contributed by atoms with Gasteiger partial charge in [-0.3, -0.25) is 4.79 Å². The fourth-order valence-corrected chi connectivity index (χ4v) is 7.33. The van der Waals surface area contributed by atoms with Crippen molar-refractivity contribution >= 4 is 22.0 Å². The third-order valence-corrected chi connectivity index (χ3v) is 9.81. The lowest BCUT2D eigenvalue weighted by Crippen LogP contribution is -2.50. The van der Waals surface area contributed by atoms with Gasteiger partial charge >= 0.3 is 6.09 Å². The number of aromatic nitrogens is 1. The van der Waals surface area contributed by atoms with Gasteiger partial charge in [0.05, 0.1) is 6.54 Å². The lowest BCUT2D eigenvalue weighted by atomic mass is 9.94. The number of hydrogen-bond acceptors (Lipinski definition) is 7. The molecule has 5 rings (SSSR count). The molecular weight excluding hydrogens is 544 g/mol. The molecule has 2 amide bonds. The third-order valence-electron chi connectivity index (χ3n) is 7.85. The summed E-state index contributed by atoms with van der Waals surface area (Å²) in [5, 5.41) is 4.99. The number of carbonyl (C=O) groups excluding carboxylic acids is 2. The Morgan fingerprint density at radius 1 is 1.15 bits per heavy atom. The molecule has 4 heterocycles. The maximum atomic E-state index is 13.6. The molecule has 1 atom stereocenters. The van der Waals surface area contributed by atoms with Crippen molar-refractivity contribution in [2.75, 3.05) is 26.2 Å². The number of nitrogens with one attached hydrogen (secondary N) is 2. The van der Waals surface area contributed by atoms with E-state index in [0.29, 0.717) is 51.4 Å². The number of benzene rings is 1. The zero-order chi connectivity index (χ0) is 29.7. The Morgan fingerprint density at radius 2 is 1.90 bits per heavy atom.